The third-order valence-electron chi connectivity index (χ3n) is 2.93. The van der Waals surface area contributed by atoms with Crippen molar-refractivity contribution in [3.05, 3.63) is 64.7 Å². The van der Waals surface area contributed by atoms with E-state index < -0.39 is 0 Å². The minimum absolute atomic E-state index is 0.0816. The lowest BCUT2D eigenvalue weighted by Gasteiger charge is -2.10. The van der Waals surface area contributed by atoms with E-state index in [2.05, 4.69) is 26.0 Å². The minimum atomic E-state index is 0.0816. The van der Waals surface area contributed by atoms with Crippen molar-refractivity contribution in [3.63, 3.8) is 0 Å². The van der Waals surface area contributed by atoms with Crippen LogP contribution in [0.5, 0.6) is 5.75 Å². The van der Waals surface area contributed by atoms with E-state index >= 15 is 0 Å². The molecule has 2 nitrogen and oxygen atoms in total. The lowest BCUT2D eigenvalue weighted by Crippen LogP contribution is -1.97. The average Bonchev–Trinajstić information content (AvgIpc) is 2.38. The molecule has 0 bridgehead atoms. The van der Waals surface area contributed by atoms with Crippen LogP contribution in [0.1, 0.15) is 22.3 Å². The third-order valence-corrected chi connectivity index (χ3v) is 2.93. The predicted molar refractivity (Wildman–Crippen MR) is 72.6 cm³/mol. The summed E-state index contributed by atoms with van der Waals surface area (Å²) in [5, 5.41) is 8.97. The fourth-order valence-corrected chi connectivity index (χ4v) is 1.86. The summed E-state index contributed by atoms with van der Waals surface area (Å²) in [5.41, 5.74) is 4.42. The maximum atomic E-state index is 8.97. The van der Waals surface area contributed by atoms with Gasteiger partial charge in [0.1, 0.15) is 12.4 Å². The summed E-state index contributed by atoms with van der Waals surface area (Å²) >= 11 is 0. The molecule has 0 heterocycles. The van der Waals surface area contributed by atoms with Crippen molar-refractivity contribution in [2.24, 2.45) is 0 Å². The first-order chi connectivity index (χ1) is 8.69. The monoisotopic (exact) mass is 242 g/mol. The van der Waals surface area contributed by atoms with Gasteiger partial charge < -0.3 is 9.84 Å². The van der Waals surface area contributed by atoms with E-state index in [4.69, 9.17) is 9.84 Å². The Morgan fingerprint density at radius 2 is 1.61 bits per heavy atom. The van der Waals surface area contributed by atoms with Crippen LogP contribution in [0.2, 0.25) is 0 Å². The topological polar surface area (TPSA) is 29.5 Å². The second kappa shape index (κ2) is 5.69. The molecule has 0 unspecified atom stereocenters. The van der Waals surface area contributed by atoms with Crippen molar-refractivity contribution < 1.29 is 9.84 Å². The molecule has 1 N–H and O–H groups in total. The van der Waals surface area contributed by atoms with E-state index in [1.807, 2.05) is 30.3 Å². The molecular formula is C16H18O2. The number of aliphatic hydroxyl groups excluding tert-OH is 1. The van der Waals surface area contributed by atoms with Gasteiger partial charge in [-0.3, -0.25) is 0 Å². The molecule has 2 heteroatoms. The summed E-state index contributed by atoms with van der Waals surface area (Å²) in [4.78, 5) is 0. The summed E-state index contributed by atoms with van der Waals surface area (Å²) in [6.07, 6.45) is 0. The maximum absolute atomic E-state index is 8.97. The van der Waals surface area contributed by atoms with Crippen LogP contribution in [-0.4, -0.2) is 5.11 Å². The van der Waals surface area contributed by atoms with Crippen molar-refractivity contribution in [1.29, 1.82) is 0 Å². The Balaban J connectivity index is 2.02. The minimum Gasteiger partial charge on any atom is -0.489 e. The van der Waals surface area contributed by atoms with Crippen molar-refractivity contribution in [2.75, 3.05) is 0 Å². The molecule has 0 fully saturated rings. The number of ether oxygens (including phenoxy) is 1. The van der Waals surface area contributed by atoms with E-state index in [0.29, 0.717) is 6.61 Å². The van der Waals surface area contributed by atoms with Crippen LogP contribution in [0.4, 0.5) is 0 Å². The highest BCUT2D eigenvalue weighted by molar-refractivity contribution is 5.36. The Kier molecular flexibility index (Phi) is 4.00. The van der Waals surface area contributed by atoms with E-state index in [9.17, 15) is 0 Å². The van der Waals surface area contributed by atoms with Crippen molar-refractivity contribution in [3.8, 4) is 5.75 Å². The third kappa shape index (κ3) is 3.11. The molecule has 94 valence electrons. The van der Waals surface area contributed by atoms with Gasteiger partial charge >= 0.3 is 0 Å². The fraction of sp³-hybridized carbons (Fsp3) is 0.250. The highest BCUT2D eigenvalue weighted by Gasteiger charge is 2.00. The summed E-state index contributed by atoms with van der Waals surface area (Å²) < 4.78 is 5.79. The SMILES string of the molecule is Cc1ccc(OCc2ccc(CO)cc2)c(C)c1. The summed E-state index contributed by atoms with van der Waals surface area (Å²) in [6, 6.07) is 14.0. The molecule has 0 saturated carbocycles. The number of aliphatic hydroxyl groups is 1. The molecule has 0 aliphatic rings. The second-order valence-corrected chi connectivity index (χ2v) is 4.53. The molecule has 2 aromatic carbocycles. The summed E-state index contributed by atoms with van der Waals surface area (Å²) in [6.45, 7) is 4.76. The molecule has 0 aliphatic carbocycles. The zero-order valence-electron chi connectivity index (χ0n) is 10.8. The normalized spacial score (nSPS) is 10.4. The lowest BCUT2D eigenvalue weighted by atomic mass is 10.1. The first-order valence-electron chi connectivity index (χ1n) is 6.08. The molecule has 0 spiro atoms. The highest BCUT2D eigenvalue weighted by Crippen LogP contribution is 2.20. The van der Waals surface area contributed by atoms with Gasteiger partial charge in [-0.25, -0.2) is 0 Å². The van der Waals surface area contributed by atoms with E-state index in [1.54, 1.807) is 0 Å². The predicted octanol–water partition coefficient (Wildman–Crippen LogP) is 3.37. The highest BCUT2D eigenvalue weighted by atomic mass is 16.5. The first kappa shape index (κ1) is 12.7. The van der Waals surface area contributed by atoms with Gasteiger partial charge in [0.25, 0.3) is 0 Å². The average molecular weight is 242 g/mol. The molecule has 2 aromatic rings. The molecule has 0 radical (unpaired) electrons. The smallest absolute Gasteiger partial charge is 0.122 e. The number of rotatable bonds is 4. The number of hydrogen-bond donors (Lipinski definition) is 1. The van der Waals surface area contributed by atoms with Crippen molar-refractivity contribution >= 4 is 0 Å². The molecule has 0 aliphatic heterocycles. The van der Waals surface area contributed by atoms with Gasteiger partial charge in [-0.05, 0) is 36.6 Å². The summed E-state index contributed by atoms with van der Waals surface area (Å²) in [5.74, 6) is 0.923. The van der Waals surface area contributed by atoms with E-state index in [1.165, 1.54) is 5.56 Å². The zero-order valence-corrected chi connectivity index (χ0v) is 10.8. The molecule has 0 aromatic heterocycles. The Morgan fingerprint density at radius 3 is 2.22 bits per heavy atom. The molecule has 0 amide bonds. The van der Waals surface area contributed by atoms with Gasteiger partial charge in [0.15, 0.2) is 0 Å². The Labute approximate surface area is 108 Å². The molecule has 0 saturated heterocycles. The van der Waals surface area contributed by atoms with Crippen molar-refractivity contribution in [1.82, 2.24) is 0 Å². The lowest BCUT2D eigenvalue weighted by molar-refractivity contribution is 0.281. The van der Waals surface area contributed by atoms with E-state index in [-0.39, 0.29) is 6.61 Å². The van der Waals surface area contributed by atoms with Crippen LogP contribution in [0.3, 0.4) is 0 Å². The van der Waals surface area contributed by atoms with Crippen LogP contribution < -0.4 is 4.74 Å². The largest absolute Gasteiger partial charge is 0.489 e. The summed E-state index contributed by atoms with van der Waals surface area (Å²) in [7, 11) is 0. The van der Waals surface area contributed by atoms with Crippen LogP contribution in [0.25, 0.3) is 0 Å². The fourth-order valence-electron chi connectivity index (χ4n) is 1.86. The van der Waals surface area contributed by atoms with Crippen LogP contribution in [-0.2, 0) is 13.2 Å². The van der Waals surface area contributed by atoms with Gasteiger partial charge in [-0.2, -0.15) is 0 Å². The number of benzene rings is 2. The van der Waals surface area contributed by atoms with Crippen molar-refractivity contribution in [2.45, 2.75) is 27.1 Å². The van der Waals surface area contributed by atoms with Crippen LogP contribution >= 0.6 is 0 Å². The van der Waals surface area contributed by atoms with Gasteiger partial charge in [0.2, 0.25) is 0 Å². The van der Waals surface area contributed by atoms with Crippen LogP contribution in [0, 0.1) is 13.8 Å². The quantitative estimate of drug-likeness (QED) is 0.890. The Morgan fingerprint density at radius 1 is 0.944 bits per heavy atom. The second-order valence-electron chi connectivity index (χ2n) is 4.53. The Hall–Kier alpha value is -1.80. The Bertz CT molecular complexity index is 515. The van der Waals surface area contributed by atoms with Gasteiger partial charge in [0, 0.05) is 0 Å². The van der Waals surface area contributed by atoms with Crippen LogP contribution in [0.15, 0.2) is 42.5 Å². The van der Waals surface area contributed by atoms with Gasteiger partial charge in [-0.1, -0.05) is 42.0 Å². The van der Waals surface area contributed by atoms with E-state index in [0.717, 1.165) is 22.4 Å². The maximum Gasteiger partial charge on any atom is 0.122 e. The number of aryl methyl sites for hydroxylation is 2. The van der Waals surface area contributed by atoms with Gasteiger partial charge in [-0.15, -0.1) is 0 Å². The molecule has 2 rings (SSSR count). The number of hydrogen-bond acceptors (Lipinski definition) is 2. The standard InChI is InChI=1S/C16H18O2/c1-12-3-8-16(13(2)9-12)18-11-15-6-4-14(10-17)5-7-15/h3-9,17H,10-11H2,1-2H3. The van der Waals surface area contributed by atoms with Gasteiger partial charge in [0.05, 0.1) is 6.61 Å². The zero-order chi connectivity index (χ0) is 13.0. The molecule has 0 atom stereocenters. The first-order valence-corrected chi connectivity index (χ1v) is 6.08. The molecular weight excluding hydrogens is 224 g/mol. The molecule has 18 heavy (non-hydrogen) atoms.